The predicted molar refractivity (Wildman–Crippen MR) is 138 cm³/mol. The smallest absolute Gasteiger partial charge is 0.192 e. The van der Waals surface area contributed by atoms with E-state index in [0.29, 0.717) is 5.41 Å². The first-order valence-corrected chi connectivity index (χ1v) is 17.1. The van der Waals surface area contributed by atoms with Crippen molar-refractivity contribution in [2.45, 2.75) is 122 Å². The number of fused-ring (bicyclic) bond motifs is 5. The Balaban J connectivity index is 1.31. The summed E-state index contributed by atoms with van der Waals surface area (Å²) in [6.07, 6.45) is 12.4. The minimum Gasteiger partial charge on any atom is -0.409 e. The van der Waals surface area contributed by atoms with Gasteiger partial charge in [-0.1, -0.05) is 27.7 Å². The van der Waals surface area contributed by atoms with Gasteiger partial charge in [-0.25, -0.2) is 0 Å². The molecule has 0 N–H and O–H groups in total. The molecule has 3 nitrogen and oxygen atoms in total. The molecule has 0 spiro atoms. The van der Waals surface area contributed by atoms with Gasteiger partial charge in [-0.2, -0.15) is 0 Å². The first kappa shape index (κ1) is 24.8. The summed E-state index contributed by atoms with van der Waals surface area (Å²) >= 11 is 0. The van der Waals surface area contributed by atoms with Crippen molar-refractivity contribution in [3.8, 4) is 0 Å². The Morgan fingerprint density at radius 2 is 1.61 bits per heavy atom. The molecule has 0 radical (unpaired) electrons. The molecule has 0 aromatic heterocycles. The third-order valence-electron chi connectivity index (χ3n) is 12.1. The molecule has 5 rings (SSSR count). The quantitative estimate of drug-likeness (QED) is 0.305. The SMILES string of the molecule is COCC1(O[Si](C)(C)C(C)(C)C)CC[C@H]2[C@H](CC[C@@H]3[C@@H]2CC[C@]2(C)[C@@H](C4(C)CO4)CC[C@@H]32)C1. The Morgan fingerprint density at radius 1 is 0.909 bits per heavy atom. The van der Waals surface area contributed by atoms with Gasteiger partial charge >= 0.3 is 0 Å². The molecule has 9 atom stereocenters. The van der Waals surface area contributed by atoms with Crippen LogP contribution in [0.4, 0.5) is 0 Å². The highest BCUT2D eigenvalue weighted by molar-refractivity contribution is 6.74. The fraction of sp³-hybridized carbons (Fsp3) is 1.00. The Hall–Kier alpha value is 0.0969. The van der Waals surface area contributed by atoms with Crippen LogP contribution in [0.15, 0.2) is 0 Å². The van der Waals surface area contributed by atoms with Crippen molar-refractivity contribution in [2.75, 3.05) is 20.3 Å². The average Bonchev–Trinajstić information content (AvgIpc) is 3.34. The minimum absolute atomic E-state index is 0.0503. The highest BCUT2D eigenvalue weighted by Gasteiger charge is 2.64. The molecule has 0 aromatic rings. The summed E-state index contributed by atoms with van der Waals surface area (Å²) in [4.78, 5) is 0. The molecular formula is C29H52O3Si. The number of epoxide rings is 1. The zero-order valence-corrected chi connectivity index (χ0v) is 24.0. The summed E-state index contributed by atoms with van der Waals surface area (Å²) < 4.78 is 19.0. The van der Waals surface area contributed by atoms with Crippen LogP contribution in [0.2, 0.25) is 18.1 Å². The van der Waals surface area contributed by atoms with Gasteiger partial charge in [0.2, 0.25) is 0 Å². The fourth-order valence-electron chi connectivity index (χ4n) is 9.48. The molecule has 0 amide bonds. The van der Waals surface area contributed by atoms with E-state index in [1.807, 2.05) is 7.11 Å². The van der Waals surface area contributed by atoms with Gasteiger partial charge in [0.1, 0.15) is 0 Å². The number of rotatable bonds is 5. The minimum atomic E-state index is -1.83. The van der Waals surface area contributed by atoms with Crippen molar-refractivity contribution in [2.24, 2.45) is 40.9 Å². The summed E-state index contributed by atoms with van der Waals surface area (Å²) in [5, 5.41) is 0.247. The van der Waals surface area contributed by atoms with Crippen LogP contribution in [0.3, 0.4) is 0 Å². The Bertz CT molecular complexity index is 740. The maximum atomic E-state index is 7.20. The van der Waals surface area contributed by atoms with Crippen LogP contribution >= 0.6 is 0 Å². The van der Waals surface area contributed by atoms with Crippen molar-refractivity contribution >= 4 is 8.32 Å². The van der Waals surface area contributed by atoms with Crippen LogP contribution in [0.5, 0.6) is 0 Å². The summed E-state index contributed by atoms with van der Waals surface area (Å²) in [7, 11) is 0.0452. The molecule has 2 unspecified atom stereocenters. The van der Waals surface area contributed by atoms with E-state index in [2.05, 4.69) is 47.7 Å². The van der Waals surface area contributed by atoms with Crippen molar-refractivity contribution < 1.29 is 13.9 Å². The van der Waals surface area contributed by atoms with Gasteiger partial charge in [-0.3, -0.25) is 0 Å². The molecule has 0 aromatic carbocycles. The molecule has 1 heterocycles. The van der Waals surface area contributed by atoms with Gasteiger partial charge in [0.05, 0.1) is 24.4 Å². The van der Waals surface area contributed by atoms with Crippen molar-refractivity contribution in [1.82, 2.24) is 0 Å². The zero-order valence-electron chi connectivity index (χ0n) is 23.0. The third kappa shape index (κ3) is 4.01. The highest BCUT2D eigenvalue weighted by Crippen LogP contribution is 2.68. The summed E-state index contributed by atoms with van der Waals surface area (Å²) in [6, 6.07) is 0. The van der Waals surface area contributed by atoms with E-state index in [1.54, 1.807) is 0 Å². The van der Waals surface area contributed by atoms with E-state index in [-0.39, 0.29) is 16.2 Å². The van der Waals surface area contributed by atoms with Gasteiger partial charge in [-0.05, 0) is 124 Å². The second-order valence-corrected chi connectivity index (χ2v) is 19.7. The molecule has 5 fully saturated rings. The fourth-order valence-corrected chi connectivity index (χ4v) is 11.1. The largest absolute Gasteiger partial charge is 0.409 e. The maximum Gasteiger partial charge on any atom is 0.192 e. The highest BCUT2D eigenvalue weighted by atomic mass is 28.4. The van der Waals surface area contributed by atoms with Gasteiger partial charge in [-0.15, -0.1) is 0 Å². The molecule has 4 saturated carbocycles. The molecule has 4 heteroatoms. The second kappa shape index (κ2) is 8.05. The molecule has 4 aliphatic carbocycles. The standard InChI is InChI=1S/C29H52O3Si/c1-26(2,3)33(7,8)32-29(19-30-6)16-14-21-20(17-29)9-10-23-22(21)13-15-27(4)24(23)11-12-25(27)28(5)18-31-28/h20-25H,9-19H2,1-8H3/t20-,21+,22-,23-,24+,25+,27+,28?,29?/m1/s1. The average molecular weight is 477 g/mol. The normalized spacial score (nSPS) is 49.8. The van der Waals surface area contributed by atoms with Crippen LogP contribution in [0.1, 0.15) is 92.4 Å². The van der Waals surface area contributed by atoms with Crippen LogP contribution in [-0.4, -0.2) is 39.8 Å². The Kier molecular flexibility index (Phi) is 6.04. The number of hydrogen-bond donors (Lipinski definition) is 0. The summed E-state index contributed by atoms with van der Waals surface area (Å²) in [5.41, 5.74) is 0.684. The summed E-state index contributed by atoms with van der Waals surface area (Å²) in [5.74, 6) is 5.43. The van der Waals surface area contributed by atoms with E-state index in [1.165, 1.54) is 57.8 Å². The monoisotopic (exact) mass is 476 g/mol. The lowest BCUT2D eigenvalue weighted by atomic mass is 9.48. The Labute approximate surface area is 205 Å². The van der Waals surface area contributed by atoms with Gasteiger partial charge in [0.25, 0.3) is 0 Å². The van der Waals surface area contributed by atoms with E-state index in [4.69, 9.17) is 13.9 Å². The van der Waals surface area contributed by atoms with Crippen molar-refractivity contribution in [1.29, 1.82) is 0 Å². The first-order valence-electron chi connectivity index (χ1n) is 14.2. The van der Waals surface area contributed by atoms with Crippen molar-refractivity contribution in [3.05, 3.63) is 0 Å². The molecular weight excluding hydrogens is 424 g/mol. The van der Waals surface area contributed by atoms with Crippen LogP contribution in [-0.2, 0) is 13.9 Å². The molecule has 33 heavy (non-hydrogen) atoms. The van der Waals surface area contributed by atoms with Gasteiger partial charge in [0, 0.05) is 7.11 Å². The third-order valence-corrected chi connectivity index (χ3v) is 16.7. The predicted octanol–water partition coefficient (Wildman–Crippen LogP) is 7.45. The molecule has 1 saturated heterocycles. The van der Waals surface area contributed by atoms with E-state index in [9.17, 15) is 0 Å². The molecule has 190 valence electrons. The zero-order chi connectivity index (χ0) is 23.9. The van der Waals surface area contributed by atoms with Gasteiger partial charge < -0.3 is 13.9 Å². The molecule has 5 aliphatic rings. The van der Waals surface area contributed by atoms with E-state index < -0.39 is 8.32 Å². The van der Waals surface area contributed by atoms with Crippen molar-refractivity contribution in [3.63, 3.8) is 0 Å². The topological polar surface area (TPSA) is 31.0 Å². The first-order chi connectivity index (χ1) is 15.3. The number of methoxy groups -OCH3 is 1. The molecule has 0 bridgehead atoms. The summed E-state index contributed by atoms with van der Waals surface area (Å²) in [6.45, 7) is 18.8. The second-order valence-electron chi connectivity index (χ2n) is 14.9. The van der Waals surface area contributed by atoms with Gasteiger partial charge in [0.15, 0.2) is 8.32 Å². The van der Waals surface area contributed by atoms with E-state index >= 15 is 0 Å². The Morgan fingerprint density at radius 3 is 2.24 bits per heavy atom. The van der Waals surface area contributed by atoms with Crippen LogP contribution < -0.4 is 0 Å². The van der Waals surface area contributed by atoms with Crippen LogP contribution in [0.25, 0.3) is 0 Å². The lowest BCUT2D eigenvalue weighted by Crippen LogP contribution is -2.57. The van der Waals surface area contributed by atoms with Crippen LogP contribution in [0, 0.1) is 40.9 Å². The number of ether oxygens (including phenoxy) is 2. The lowest BCUT2D eigenvalue weighted by molar-refractivity contribution is -0.120. The van der Waals surface area contributed by atoms with E-state index in [0.717, 1.165) is 48.7 Å². The number of hydrogen-bond acceptors (Lipinski definition) is 3. The lowest BCUT2D eigenvalue weighted by Gasteiger charge is -2.58. The maximum absolute atomic E-state index is 7.20. The molecule has 1 aliphatic heterocycles.